The van der Waals surface area contributed by atoms with E-state index < -0.39 is 6.30 Å². The summed E-state index contributed by atoms with van der Waals surface area (Å²) in [6.07, 6.45) is -2.52. The second-order valence-corrected chi connectivity index (χ2v) is 3.43. The lowest BCUT2D eigenvalue weighted by atomic mass is 10.5. The van der Waals surface area contributed by atoms with Crippen molar-refractivity contribution >= 4 is 15.9 Å². The Morgan fingerprint density at radius 2 is 2.13 bits per heavy atom. The number of halogens is 4. The molecule has 15 heavy (non-hydrogen) atoms. The molecule has 4 nitrogen and oxygen atoms in total. The van der Waals surface area contributed by atoms with E-state index >= 15 is 0 Å². The van der Waals surface area contributed by atoms with Crippen LogP contribution in [0.15, 0.2) is 22.9 Å². The number of alkyl halides is 3. The summed E-state index contributed by atoms with van der Waals surface area (Å²) in [5.41, 5.74) is 0. The zero-order chi connectivity index (χ0) is 11.6. The Bertz CT molecular complexity index is 359. The van der Waals surface area contributed by atoms with Crippen molar-refractivity contribution in [2.75, 3.05) is 7.05 Å². The van der Waals surface area contributed by atoms with Gasteiger partial charge in [-0.1, -0.05) is 5.06 Å². The number of pyridine rings is 1. The van der Waals surface area contributed by atoms with Crippen molar-refractivity contribution in [3.8, 4) is 5.75 Å². The molecule has 1 aromatic heterocycles. The van der Waals surface area contributed by atoms with Crippen molar-refractivity contribution in [2.24, 2.45) is 0 Å². The number of hydrogen-bond acceptors (Lipinski definition) is 3. The Kier molecular flexibility index (Phi) is 3.40. The fourth-order valence-corrected chi connectivity index (χ4v) is 1.12. The summed E-state index contributed by atoms with van der Waals surface area (Å²) in [7, 11) is 0.727. The van der Waals surface area contributed by atoms with Crippen LogP contribution in [0.1, 0.15) is 0 Å². The summed E-state index contributed by atoms with van der Waals surface area (Å²) in [4.78, 5) is 4.47. The Balaban J connectivity index is 2.82. The Labute approximate surface area is 91.5 Å². The number of nitrogens with zero attached hydrogens (tertiary/aromatic N) is 2. The Hall–Kier alpha value is -1.02. The van der Waals surface area contributed by atoms with E-state index in [2.05, 4.69) is 20.8 Å². The fraction of sp³-hybridized carbons (Fsp3) is 0.286. The second-order valence-electron chi connectivity index (χ2n) is 2.57. The number of rotatable bonds is 2. The third kappa shape index (κ3) is 3.24. The lowest BCUT2D eigenvalue weighted by molar-refractivity contribution is -0.606. The first kappa shape index (κ1) is 12.1. The van der Waals surface area contributed by atoms with E-state index in [-0.39, 0.29) is 15.3 Å². The fourth-order valence-electron chi connectivity index (χ4n) is 0.712. The molecule has 0 atom stereocenters. The molecule has 0 aromatic carbocycles. The summed E-state index contributed by atoms with van der Waals surface area (Å²) in [6, 6.07) is 1.12. The molecule has 0 saturated heterocycles. The smallest absolute Gasteiger partial charge is 0.491 e. The first-order valence-electron chi connectivity index (χ1n) is 3.67. The van der Waals surface area contributed by atoms with Crippen molar-refractivity contribution in [3.05, 3.63) is 28.1 Å². The minimum Gasteiger partial charge on any atom is -0.619 e. The topological polar surface area (TPSA) is 39.4 Å². The summed E-state index contributed by atoms with van der Waals surface area (Å²) < 4.78 is 36.8. The van der Waals surface area contributed by atoms with Crippen LogP contribution in [0.2, 0.25) is 0 Å². The van der Waals surface area contributed by atoms with Gasteiger partial charge in [0, 0.05) is 13.1 Å². The van der Waals surface area contributed by atoms with Crippen molar-refractivity contribution in [1.82, 2.24) is 5.06 Å². The molecule has 0 amide bonds. The van der Waals surface area contributed by atoms with Crippen molar-refractivity contribution in [1.29, 1.82) is 0 Å². The number of hydrogen-bond donors (Lipinski definition) is 0. The highest BCUT2D eigenvalue weighted by Gasteiger charge is 2.36. The van der Waals surface area contributed by atoms with Crippen LogP contribution in [0, 0.1) is 5.21 Å². The van der Waals surface area contributed by atoms with Gasteiger partial charge in [0.1, 0.15) is 4.47 Å². The van der Waals surface area contributed by atoms with Gasteiger partial charge in [0.2, 0.25) is 0 Å². The minimum absolute atomic E-state index is 0.0954. The maximum absolute atomic E-state index is 12.1. The van der Waals surface area contributed by atoms with Gasteiger partial charge >= 0.3 is 6.30 Å². The summed E-state index contributed by atoms with van der Waals surface area (Å²) in [6.45, 7) is 0. The van der Waals surface area contributed by atoms with E-state index in [1.807, 2.05) is 0 Å². The molecule has 0 aliphatic carbocycles. The molecule has 0 spiro atoms. The van der Waals surface area contributed by atoms with Gasteiger partial charge in [0.15, 0.2) is 18.1 Å². The molecule has 0 unspecified atom stereocenters. The highest BCUT2D eigenvalue weighted by molar-refractivity contribution is 9.10. The quantitative estimate of drug-likeness (QED) is 0.360. The molecule has 0 bridgehead atoms. The number of aromatic nitrogens is 1. The Morgan fingerprint density at radius 3 is 2.60 bits per heavy atom. The Morgan fingerprint density at radius 1 is 1.53 bits per heavy atom. The molecule has 0 aliphatic heterocycles. The van der Waals surface area contributed by atoms with Gasteiger partial charge in [-0.3, -0.25) is 0 Å². The van der Waals surface area contributed by atoms with Crippen LogP contribution in [-0.2, 0) is 0 Å². The van der Waals surface area contributed by atoms with Crippen LogP contribution in [0.3, 0.4) is 0 Å². The third-order valence-corrected chi connectivity index (χ3v) is 2.04. The van der Waals surface area contributed by atoms with Gasteiger partial charge in [0.05, 0.1) is 0 Å². The van der Waals surface area contributed by atoms with Gasteiger partial charge in [-0.2, -0.15) is 17.9 Å². The zero-order valence-corrected chi connectivity index (χ0v) is 9.04. The minimum atomic E-state index is -4.59. The van der Waals surface area contributed by atoms with Crippen LogP contribution in [0.5, 0.6) is 5.75 Å². The molecule has 0 saturated carbocycles. The van der Waals surface area contributed by atoms with Gasteiger partial charge in [0.25, 0.3) is 0 Å². The average Bonchev–Trinajstić information content (AvgIpc) is 2.08. The van der Waals surface area contributed by atoms with E-state index in [1.165, 1.54) is 0 Å². The van der Waals surface area contributed by atoms with E-state index in [0.717, 1.165) is 25.5 Å². The average molecular weight is 287 g/mol. The molecule has 0 aliphatic rings. The first-order chi connectivity index (χ1) is 6.80. The SMILES string of the molecule is CN(Oc1cc[n+]([O-])cc1Br)C(F)(F)F. The highest BCUT2D eigenvalue weighted by atomic mass is 79.9. The van der Waals surface area contributed by atoms with Crippen molar-refractivity contribution < 1.29 is 22.7 Å². The molecule has 8 heteroatoms. The molecule has 1 heterocycles. The molecule has 0 fully saturated rings. The predicted molar refractivity (Wildman–Crippen MR) is 47.5 cm³/mol. The van der Waals surface area contributed by atoms with E-state index in [0.29, 0.717) is 4.73 Å². The molecule has 0 N–H and O–H groups in total. The van der Waals surface area contributed by atoms with Gasteiger partial charge in [-0.05, 0) is 15.9 Å². The van der Waals surface area contributed by atoms with E-state index in [9.17, 15) is 18.4 Å². The van der Waals surface area contributed by atoms with E-state index in [4.69, 9.17) is 0 Å². The normalized spacial score (nSPS) is 11.9. The lowest BCUT2D eigenvalue weighted by Crippen LogP contribution is -2.37. The van der Waals surface area contributed by atoms with Crippen LogP contribution < -0.4 is 9.57 Å². The maximum atomic E-state index is 12.1. The maximum Gasteiger partial charge on any atom is 0.491 e. The number of hydroxylamine groups is 2. The first-order valence-corrected chi connectivity index (χ1v) is 4.47. The summed E-state index contributed by atoms with van der Waals surface area (Å²) >= 11 is 2.90. The lowest BCUT2D eigenvalue weighted by Gasteiger charge is -2.19. The van der Waals surface area contributed by atoms with Crippen molar-refractivity contribution in [2.45, 2.75) is 6.30 Å². The molecule has 84 valence electrons. The second kappa shape index (κ2) is 4.23. The third-order valence-electron chi connectivity index (χ3n) is 1.44. The van der Waals surface area contributed by atoms with E-state index in [1.54, 1.807) is 0 Å². The predicted octanol–water partition coefficient (Wildman–Crippen LogP) is 1.83. The van der Waals surface area contributed by atoms with Crippen LogP contribution in [0.4, 0.5) is 13.2 Å². The summed E-state index contributed by atoms with van der Waals surface area (Å²) in [5, 5.41) is 10.5. The standard InChI is InChI=1S/C7H6BrF3N2O2/c1-12(7(9,10)11)15-6-2-3-13(14)4-5(6)8/h2-4H,1H3. The van der Waals surface area contributed by atoms with Crippen LogP contribution >= 0.6 is 15.9 Å². The molecule has 1 rings (SSSR count). The summed E-state index contributed by atoms with van der Waals surface area (Å²) in [5.74, 6) is -0.0954. The molecule has 0 radical (unpaired) electrons. The molecular weight excluding hydrogens is 281 g/mol. The van der Waals surface area contributed by atoms with Gasteiger partial charge in [-0.15, -0.1) is 0 Å². The molecular formula is C7H6BrF3N2O2. The van der Waals surface area contributed by atoms with Crippen LogP contribution in [0.25, 0.3) is 0 Å². The van der Waals surface area contributed by atoms with Gasteiger partial charge < -0.3 is 10.0 Å². The van der Waals surface area contributed by atoms with Gasteiger partial charge in [-0.25, -0.2) is 0 Å². The highest BCUT2D eigenvalue weighted by Crippen LogP contribution is 2.26. The van der Waals surface area contributed by atoms with Crippen LogP contribution in [-0.4, -0.2) is 18.4 Å². The van der Waals surface area contributed by atoms with Crippen molar-refractivity contribution in [3.63, 3.8) is 0 Å². The largest absolute Gasteiger partial charge is 0.619 e. The molecule has 1 aromatic rings. The monoisotopic (exact) mass is 286 g/mol. The zero-order valence-electron chi connectivity index (χ0n) is 7.45.